The fourth-order valence-electron chi connectivity index (χ4n) is 3.07. The van der Waals surface area contributed by atoms with E-state index in [1.165, 1.54) is 6.07 Å². The van der Waals surface area contributed by atoms with Crippen molar-refractivity contribution in [3.8, 4) is 0 Å². The van der Waals surface area contributed by atoms with E-state index in [9.17, 15) is 18.7 Å². The first-order chi connectivity index (χ1) is 12.3. The molecule has 2 aromatic heterocycles. The summed E-state index contributed by atoms with van der Waals surface area (Å²) in [5.74, 6) is 0.176. The van der Waals surface area contributed by atoms with Crippen molar-refractivity contribution in [1.29, 1.82) is 0 Å². The Kier molecular flexibility index (Phi) is 5.33. The molecule has 1 amide bonds. The molecule has 2 aromatic rings. The topological polar surface area (TPSA) is 96.4 Å². The molecule has 0 unspecified atom stereocenters. The molecule has 8 nitrogen and oxygen atoms in total. The molecule has 142 valence electrons. The smallest absolute Gasteiger partial charge is 0.333 e. The highest BCUT2D eigenvalue weighted by atomic mass is 19.3. The van der Waals surface area contributed by atoms with Gasteiger partial charge in [-0.15, -0.1) is 0 Å². The van der Waals surface area contributed by atoms with Gasteiger partial charge in [-0.05, 0) is 26.3 Å². The highest BCUT2D eigenvalue weighted by Gasteiger charge is 2.30. The summed E-state index contributed by atoms with van der Waals surface area (Å²) in [6.07, 6.45) is 0.805. The van der Waals surface area contributed by atoms with Gasteiger partial charge in [0.1, 0.15) is 11.5 Å². The lowest BCUT2D eigenvalue weighted by molar-refractivity contribution is 0.0343. The van der Waals surface area contributed by atoms with E-state index in [0.717, 1.165) is 23.2 Å². The number of likely N-dealkylation sites (tertiary alicyclic amines) is 1. The minimum absolute atomic E-state index is 0.101. The molecule has 0 saturated carbocycles. The van der Waals surface area contributed by atoms with Crippen LogP contribution in [-0.4, -0.2) is 56.1 Å². The number of nitrogens with one attached hydrogen (secondary N) is 1. The summed E-state index contributed by atoms with van der Waals surface area (Å²) in [5.41, 5.74) is 1.72. The van der Waals surface area contributed by atoms with Gasteiger partial charge in [0.25, 0.3) is 5.91 Å². The summed E-state index contributed by atoms with van der Waals surface area (Å²) < 4.78 is 30.6. The molecular weight excluding hydrogens is 348 g/mol. The van der Waals surface area contributed by atoms with Crippen molar-refractivity contribution in [1.82, 2.24) is 25.2 Å². The zero-order valence-electron chi connectivity index (χ0n) is 14.5. The molecule has 26 heavy (non-hydrogen) atoms. The van der Waals surface area contributed by atoms with Crippen LogP contribution in [0, 0.1) is 13.8 Å². The number of halogens is 2. The Labute approximate surface area is 148 Å². The van der Waals surface area contributed by atoms with Crippen molar-refractivity contribution in [2.45, 2.75) is 45.5 Å². The van der Waals surface area contributed by atoms with E-state index in [0.29, 0.717) is 30.7 Å². The standard InChI is InChI=1S/C16H21F2N5O3/c1-9-11(10(2)26-21-9)7-22-5-3-12(14(24)8-22)19-15(25)13-4-6-23(20-13)16(17)18/h4,6,12,14,16,24H,3,5,7-8H2,1-2H3,(H,19,25)/t12-,14-/m1/s1. The third-order valence-electron chi connectivity index (χ3n) is 4.59. The summed E-state index contributed by atoms with van der Waals surface area (Å²) >= 11 is 0. The number of aliphatic hydroxyl groups is 1. The van der Waals surface area contributed by atoms with Crippen molar-refractivity contribution in [2.75, 3.05) is 13.1 Å². The first-order valence-corrected chi connectivity index (χ1v) is 8.31. The van der Waals surface area contributed by atoms with Crippen LogP contribution in [0.4, 0.5) is 8.78 Å². The molecule has 1 saturated heterocycles. The zero-order chi connectivity index (χ0) is 18.8. The number of carbonyl (C=O) groups excluding carboxylic acids is 1. The Hall–Kier alpha value is -2.33. The van der Waals surface area contributed by atoms with Crippen molar-refractivity contribution in [3.05, 3.63) is 35.0 Å². The second kappa shape index (κ2) is 7.50. The van der Waals surface area contributed by atoms with E-state index in [-0.39, 0.29) is 5.69 Å². The second-order valence-corrected chi connectivity index (χ2v) is 6.43. The Morgan fingerprint density at radius 3 is 2.85 bits per heavy atom. The largest absolute Gasteiger partial charge is 0.390 e. The van der Waals surface area contributed by atoms with Crippen LogP contribution in [0.15, 0.2) is 16.8 Å². The van der Waals surface area contributed by atoms with Gasteiger partial charge in [0.15, 0.2) is 0 Å². The van der Waals surface area contributed by atoms with Crippen molar-refractivity contribution < 1.29 is 23.2 Å². The summed E-state index contributed by atoms with van der Waals surface area (Å²) in [6, 6.07) is 0.764. The number of piperidine rings is 1. The van der Waals surface area contributed by atoms with Crippen LogP contribution in [0.3, 0.4) is 0 Å². The number of carbonyl (C=O) groups is 1. The number of aryl methyl sites for hydroxylation is 2. The minimum atomic E-state index is -2.80. The lowest BCUT2D eigenvalue weighted by atomic mass is 10.0. The van der Waals surface area contributed by atoms with E-state index in [1.807, 2.05) is 13.8 Å². The maximum absolute atomic E-state index is 12.5. The first kappa shape index (κ1) is 18.5. The maximum atomic E-state index is 12.5. The van der Waals surface area contributed by atoms with Crippen molar-refractivity contribution in [2.24, 2.45) is 0 Å². The normalized spacial score (nSPS) is 21.3. The van der Waals surface area contributed by atoms with E-state index in [1.54, 1.807) is 0 Å². The van der Waals surface area contributed by atoms with Gasteiger partial charge in [0.2, 0.25) is 0 Å². The van der Waals surface area contributed by atoms with Gasteiger partial charge in [0.05, 0.1) is 17.8 Å². The average molecular weight is 369 g/mol. The van der Waals surface area contributed by atoms with Gasteiger partial charge in [-0.25, -0.2) is 4.68 Å². The molecule has 3 heterocycles. The molecule has 10 heteroatoms. The van der Waals surface area contributed by atoms with Crippen LogP contribution in [0.5, 0.6) is 0 Å². The van der Waals surface area contributed by atoms with Gasteiger partial charge >= 0.3 is 6.55 Å². The SMILES string of the molecule is Cc1noc(C)c1CN1CC[C@@H](NC(=O)c2ccn(C(F)F)n2)[C@H](O)C1. The number of rotatable bonds is 5. The predicted octanol–water partition coefficient (Wildman–Crippen LogP) is 1.25. The highest BCUT2D eigenvalue weighted by molar-refractivity contribution is 5.92. The van der Waals surface area contributed by atoms with Gasteiger partial charge in [-0.3, -0.25) is 9.69 Å². The van der Waals surface area contributed by atoms with Crippen LogP contribution in [0.25, 0.3) is 0 Å². The quantitative estimate of drug-likeness (QED) is 0.823. The molecule has 2 atom stereocenters. The molecule has 0 aromatic carbocycles. The molecule has 1 aliphatic heterocycles. The summed E-state index contributed by atoms with van der Waals surface area (Å²) in [4.78, 5) is 14.2. The van der Waals surface area contributed by atoms with E-state index < -0.39 is 24.6 Å². The molecule has 1 fully saturated rings. The molecular formula is C16H21F2N5O3. The molecule has 0 bridgehead atoms. The maximum Gasteiger partial charge on any atom is 0.333 e. The van der Waals surface area contributed by atoms with Crippen LogP contribution in [-0.2, 0) is 6.54 Å². The summed E-state index contributed by atoms with van der Waals surface area (Å²) in [7, 11) is 0. The monoisotopic (exact) mass is 369 g/mol. The molecule has 3 rings (SSSR count). The Morgan fingerprint density at radius 1 is 1.50 bits per heavy atom. The van der Waals surface area contributed by atoms with Gasteiger partial charge in [0, 0.05) is 31.4 Å². The number of alkyl halides is 2. The van der Waals surface area contributed by atoms with E-state index >= 15 is 0 Å². The van der Waals surface area contributed by atoms with Crippen LogP contribution in [0.1, 0.15) is 40.5 Å². The fourth-order valence-corrected chi connectivity index (χ4v) is 3.07. The van der Waals surface area contributed by atoms with Gasteiger partial charge in [-0.2, -0.15) is 13.9 Å². The lowest BCUT2D eigenvalue weighted by Crippen LogP contribution is -2.53. The van der Waals surface area contributed by atoms with Crippen LogP contribution < -0.4 is 5.32 Å². The fraction of sp³-hybridized carbons (Fsp3) is 0.562. The summed E-state index contributed by atoms with van der Waals surface area (Å²) in [6.45, 7) is 2.57. The van der Waals surface area contributed by atoms with E-state index in [4.69, 9.17) is 4.52 Å². The lowest BCUT2D eigenvalue weighted by Gasteiger charge is -2.36. The van der Waals surface area contributed by atoms with Gasteiger partial charge < -0.3 is 14.9 Å². The van der Waals surface area contributed by atoms with Crippen LogP contribution >= 0.6 is 0 Å². The van der Waals surface area contributed by atoms with Crippen molar-refractivity contribution in [3.63, 3.8) is 0 Å². The predicted molar refractivity (Wildman–Crippen MR) is 86.6 cm³/mol. The number of hydrogen-bond donors (Lipinski definition) is 2. The summed E-state index contributed by atoms with van der Waals surface area (Å²) in [5, 5.41) is 20.5. The van der Waals surface area contributed by atoms with E-state index in [2.05, 4.69) is 20.5 Å². The number of β-amino-alcohol motifs (C(OH)–C–C–N with tert-alkyl or cyclic N) is 1. The number of aromatic nitrogens is 3. The Bertz CT molecular complexity index is 756. The first-order valence-electron chi connectivity index (χ1n) is 8.31. The molecule has 1 aliphatic rings. The van der Waals surface area contributed by atoms with Crippen molar-refractivity contribution >= 4 is 5.91 Å². The molecule has 0 aliphatic carbocycles. The number of hydrogen-bond acceptors (Lipinski definition) is 6. The Morgan fingerprint density at radius 2 is 2.27 bits per heavy atom. The zero-order valence-corrected chi connectivity index (χ0v) is 14.5. The average Bonchev–Trinajstić information content (AvgIpc) is 3.20. The third kappa shape index (κ3) is 3.91. The van der Waals surface area contributed by atoms with Crippen LogP contribution in [0.2, 0.25) is 0 Å². The highest BCUT2D eigenvalue weighted by Crippen LogP contribution is 2.19. The minimum Gasteiger partial charge on any atom is -0.390 e. The second-order valence-electron chi connectivity index (χ2n) is 6.43. The Balaban J connectivity index is 1.56. The number of nitrogens with zero attached hydrogens (tertiary/aromatic N) is 4. The number of aliphatic hydroxyl groups excluding tert-OH is 1. The number of amides is 1. The van der Waals surface area contributed by atoms with Gasteiger partial charge in [-0.1, -0.05) is 5.16 Å². The molecule has 0 radical (unpaired) electrons. The third-order valence-corrected chi connectivity index (χ3v) is 4.59. The molecule has 2 N–H and O–H groups in total. The molecule has 0 spiro atoms.